The number of morpholine rings is 1. The summed E-state index contributed by atoms with van der Waals surface area (Å²) < 4.78 is 22.2. The summed E-state index contributed by atoms with van der Waals surface area (Å²) in [6.45, 7) is 4.24. The highest BCUT2D eigenvalue weighted by Gasteiger charge is 2.26. The maximum absolute atomic E-state index is 13.1. The second-order valence-electron chi connectivity index (χ2n) is 6.43. The van der Waals surface area contributed by atoms with E-state index in [9.17, 15) is 4.79 Å². The van der Waals surface area contributed by atoms with Gasteiger partial charge in [0.2, 0.25) is 5.76 Å². The predicted octanol–water partition coefficient (Wildman–Crippen LogP) is 2.28. The maximum atomic E-state index is 13.1. The number of carbonyl (C=O) groups is 1. The fourth-order valence-electron chi connectivity index (χ4n) is 3.20. The number of nitrogens with zero attached hydrogens (tertiary/aromatic N) is 4. The van der Waals surface area contributed by atoms with Crippen molar-refractivity contribution in [2.24, 2.45) is 0 Å². The predicted molar refractivity (Wildman–Crippen MR) is 108 cm³/mol. The van der Waals surface area contributed by atoms with Crippen LogP contribution in [0.3, 0.4) is 0 Å². The molecule has 1 fully saturated rings. The number of carbonyl (C=O) groups excluding carboxylic acids is 1. The number of ether oxygens (including phenoxy) is 3. The van der Waals surface area contributed by atoms with Crippen LogP contribution in [-0.2, 0) is 4.74 Å². The van der Waals surface area contributed by atoms with Crippen LogP contribution in [-0.4, -0.2) is 74.6 Å². The molecule has 1 amide bonds. The Morgan fingerprint density at radius 3 is 2.66 bits per heavy atom. The van der Waals surface area contributed by atoms with Crippen molar-refractivity contribution in [1.29, 1.82) is 0 Å². The standard InChI is InChI=1S/C19H22N4O5S/c1-25-13-3-4-14(26-2)17-16(13)21-19(29-17)23(18(24)15-5-6-20-28-15)8-7-22-9-11-27-12-10-22/h3-6H,7-12H2,1-2H3. The van der Waals surface area contributed by atoms with Crippen molar-refractivity contribution in [2.75, 3.05) is 58.5 Å². The molecule has 1 aliphatic rings. The quantitative estimate of drug-likeness (QED) is 0.577. The highest BCUT2D eigenvalue weighted by molar-refractivity contribution is 7.22. The van der Waals surface area contributed by atoms with Gasteiger partial charge in [-0.15, -0.1) is 0 Å². The van der Waals surface area contributed by atoms with Gasteiger partial charge in [0.05, 0.1) is 33.6 Å². The molecule has 0 atom stereocenters. The third kappa shape index (κ3) is 4.04. The molecule has 0 saturated carbocycles. The molecule has 2 aromatic heterocycles. The number of rotatable bonds is 7. The normalized spacial score (nSPS) is 14.8. The first-order valence-electron chi connectivity index (χ1n) is 9.25. The molecule has 0 N–H and O–H groups in total. The van der Waals surface area contributed by atoms with E-state index in [0.717, 1.165) is 17.8 Å². The summed E-state index contributed by atoms with van der Waals surface area (Å²) in [7, 11) is 3.20. The van der Waals surface area contributed by atoms with Crippen LogP contribution in [0, 0.1) is 0 Å². The van der Waals surface area contributed by atoms with Crippen LogP contribution >= 0.6 is 11.3 Å². The lowest BCUT2D eigenvalue weighted by Gasteiger charge is -2.28. The van der Waals surface area contributed by atoms with Crippen molar-refractivity contribution in [1.82, 2.24) is 15.0 Å². The lowest BCUT2D eigenvalue weighted by atomic mass is 10.3. The summed E-state index contributed by atoms with van der Waals surface area (Å²) in [5.41, 5.74) is 0.661. The van der Waals surface area contributed by atoms with Gasteiger partial charge in [-0.3, -0.25) is 14.6 Å². The van der Waals surface area contributed by atoms with Crippen LogP contribution in [0.25, 0.3) is 10.2 Å². The van der Waals surface area contributed by atoms with Crippen molar-refractivity contribution >= 4 is 32.6 Å². The van der Waals surface area contributed by atoms with E-state index < -0.39 is 0 Å². The molecule has 0 bridgehead atoms. The molecule has 1 aromatic carbocycles. The van der Waals surface area contributed by atoms with Gasteiger partial charge in [-0.1, -0.05) is 16.5 Å². The van der Waals surface area contributed by atoms with E-state index >= 15 is 0 Å². The van der Waals surface area contributed by atoms with Gasteiger partial charge in [0, 0.05) is 32.2 Å². The van der Waals surface area contributed by atoms with E-state index in [1.54, 1.807) is 31.3 Å². The Balaban J connectivity index is 1.68. The number of anilines is 1. The fraction of sp³-hybridized carbons (Fsp3) is 0.421. The van der Waals surface area contributed by atoms with Gasteiger partial charge < -0.3 is 18.7 Å². The average molecular weight is 418 g/mol. The zero-order valence-corrected chi connectivity index (χ0v) is 17.1. The molecule has 0 aliphatic carbocycles. The monoisotopic (exact) mass is 418 g/mol. The Labute approximate surface area is 171 Å². The molecule has 0 spiro atoms. The van der Waals surface area contributed by atoms with Crippen LogP contribution in [0.15, 0.2) is 28.9 Å². The largest absolute Gasteiger partial charge is 0.495 e. The Hall–Kier alpha value is -2.69. The topological polar surface area (TPSA) is 90.2 Å². The highest BCUT2D eigenvalue weighted by Crippen LogP contribution is 2.40. The number of benzene rings is 1. The summed E-state index contributed by atoms with van der Waals surface area (Å²) in [6.07, 6.45) is 1.46. The molecule has 1 aliphatic heterocycles. The number of hydrogen-bond donors (Lipinski definition) is 0. The third-order valence-corrected chi connectivity index (χ3v) is 5.86. The summed E-state index contributed by atoms with van der Waals surface area (Å²) >= 11 is 1.38. The van der Waals surface area contributed by atoms with Gasteiger partial charge in [-0.05, 0) is 12.1 Å². The van der Waals surface area contributed by atoms with E-state index in [1.807, 2.05) is 6.07 Å². The molecular formula is C19H22N4O5S. The third-order valence-electron chi connectivity index (χ3n) is 4.77. The van der Waals surface area contributed by atoms with Gasteiger partial charge in [-0.2, -0.15) is 0 Å². The van der Waals surface area contributed by atoms with Crippen LogP contribution < -0.4 is 14.4 Å². The summed E-state index contributed by atoms with van der Waals surface area (Å²) in [5.74, 6) is 1.20. The average Bonchev–Trinajstić information content (AvgIpc) is 3.44. The maximum Gasteiger partial charge on any atom is 0.298 e. The van der Waals surface area contributed by atoms with Crippen LogP contribution in [0.4, 0.5) is 5.13 Å². The molecule has 4 rings (SSSR count). The minimum Gasteiger partial charge on any atom is -0.495 e. The summed E-state index contributed by atoms with van der Waals surface area (Å²) in [4.78, 5) is 21.7. The first-order valence-corrected chi connectivity index (χ1v) is 10.1. The van der Waals surface area contributed by atoms with Crippen molar-refractivity contribution in [3.05, 3.63) is 30.2 Å². The first kappa shape index (κ1) is 19.6. The first-order chi connectivity index (χ1) is 14.2. The van der Waals surface area contributed by atoms with Gasteiger partial charge in [0.25, 0.3) is 5.91 Å². The number of fused-ring (bicyclic) bond motifs is 1. The molecule has 9 nitrogen and oxygen atoms in total. The Morgan fingerprint density at radius 1 is 1.21 bits per heavy atom. The van der Waals surface area contributed by atoms with E-state index in [4.69, 9.17) is 23.7 Å². The molecular weight excluding hydrogens is 396 g/mol. The van der Waals surface area contributed by atoms with E-state index in [0.29, 0.717) is 48.5 Å². The summed E-state index contributed by atoms with van der Waals surface area (Å²) in [6, 6.07) is 5.19. The minimum atomic E-state index is -0.284. The van der Waals surface area contributed by atoms with Gasteiger partial charge >= 0.3 is 0 Å². The SMILES string of the molecule is COc1ccc(OC)c2sc(N(CCN3CCOCC3)C(=O)c3ccno3)nc12. The van der Waals surface area contributed by atoms with Crippen molar-refractivity contribution in [3.8, 4) is 11.5 Å². The molecule has 3 aromatic rings. The fourth-order valence-corrected chi connectivity index (χ4v) is 4.30. The highest BCUT2D eigenvalue weighted by atomic mass is 32.1. The molecule has 1 saturated heterocycles. The van der Waals surface area contributed by atoms with Crippen molar-refractivity contribution < 1.29 is 23.5 Å². The second-order valence-corrected chi connectivity index (χ2v) is 7.41. The molecule has 3 heterocycles. The zero-order valence-electron chi connectivity index (χ0n) is 16.3. The molecule has 0 radical (unpaired) electrons. The smallest absolute Gasteiger partial charge is 0.298 e. The van der Waals surface area contributed by atoms with E-state index in [-0.39, 0.29) is 11.7 Å². The second kappa shape index (κ2) is 8.76. The molecule has 0 unspecified atom stereocenters. The lowest BCUT2D eigenvalue weighted by Crippen LogP contribution is -2.43. The number of aromatic nitrogens is 2. The van der Waals surface area contributed by atoms with Crippen LogP contribution in [0.5, 0.6) is 11.5 Å². The van der Waals surface area contributed by atoms with Crippen molar-refractivity contribution in [3.63, 3.8) is 0 Å². The van der Waals surface area contributed by atoms with Crippen molar-refractivity contribution in [2.45, 2.75) is 0 Å². The van der Waals surface area contributed by atoms with Crippen LogP contribution in [0.2, 0.25) is 0 Å². The molecule has 29 heavy (non-hydrogen) atoms. The van der Waals surface area contributed by atoms with E-state index in [2.05, 4.69) is 10.1 Å². The minimum absolute atomic E-state index is 0.171. The number of thiazole rings is 1. The van der Waals surface area contributed by atoms with Gasteiger partial charge in [0.1, 0.15) is 21.7 Å². The van der Waals surface area contributed by atoms with Crippen LogP contribution in [0.1, 0.15) is 10.6 Å². The number of amides is 1. The van der Waals surface area contributed by atoms with Gasteiger partial charge in [-0.25, -0.2) is 4.98 Å². The number of methoxy groups -OCH3 is 2. The molecule has 154 valence electrons. The zero-order chi connectivity index (χ0) is 20.2. The lowest BCUT2D eigenvalue weighted by molar-refractivity contribution is 0.0390. The Bertz CT molecular complexity index is 928. The summed E-state index contributed by atoms with van der Waals surface area (Å²) in [5, 5.41) is 4.21. The van der Waals surface area contributed by atoms with E-state index in [1.165, 1.54) is 17.5 Å². The Morgan fingerprint density at radius 2 is 1.97 bits per heavy atom. The number of hydrogen-bond acceptors (Lipinski definition) is 9. The molecule has 10 heteroatoms. The van der Waals surface area contributed by atoms with Gasteiger partial charge in [0.15, 0.2) is 5.13 Å². The Kier molecular flexibility index (Phi) is 5.93.